The van der Waals surface area contributed by atoms with E-state index in [9.17, 15) is 4.79 Å². The molecule has 1 fully saturated rings. The Morgan fingerprint density at radius 2 is 2.29 bits per heavy atom. The van der Waals surface area contributed by atoms with Crippen LogP contribution >= 0.6 is 31.9 Å². The zero-order chi connectivity index (χ0) is 12.4. The van der Waals surface area contributed by atoms with Gasteiger partial charge in [0.2, 0.25) is 0 Å². The van der Waals surface area contributed by atoms with E-state index in [0.717, 1.165) is 24.0 Å². The smallest absolute Gasteiger partial charge is 0.255 e. The lowest BCUT2D eigenvalue weighted by Gasteiger charge is -2.17. The second kappa shape index (κ2) is 5.40. The Balaban J connectivity index is 2.24. The quantitative estimate of drug-likeness (QED) is 0.756. The normalized spacial score (nSPS) is 19.5. The van der Waals surface area contributed by atoms with Gasteiger partial charge in [0.25, 0.3) is 5.91 Å². The molecule has 2 rings (SSSR count). The Hall–Kier alpha value is -0.550. The fourth-order valence-corrected chi connectivity index (χ4v) is 2.84. The van der Waals surface area contributed by atoms with Gasteiger partial charge in [-0.15, -0.1) is 0 Å². The van der Waals surface area contributed by atoms with Gasteiger partial charge >= 0.3 is 0 Å². The molecule has 5 heteroatoms. The van der Waals surface area contributed by atoms with Crippen LogP contribution in [0.3, 0.4) is 0 Å². The molecule has 0 aliphatic carbocycles. The number of benzene rings is 1. The molecule has 1 unspecified atom stereocenters. The number of rotatable bonds is 2. The van der Waals surface area contributed by atoms with Crippen LogP contribution in [0.2, 0.25) is 0 Å². The molecule has 1 aromatic rings. The summed E-state index contributed by atoms with van der Waals surface area (Å²) in [5, 5.41) is 0. The molecule has 0 saturated carbocycles. The number of hydrogen-bond acceptors (Lipinski definition) is 2. The predicted octanol–water partition coefficient (Wildman–Crippen LogP) is 3.07. The minimum atomic E-state index is 0.0534. The summed E-state index contributed by atoms with van der Waals surface area (Å²) in [4.78, 5) is 14.6. The number of amides is 1. The van der Waals surface area contributed by atoms with Gasteiger partial charge in [-0.25, -0.2) is 0 Å². The maximum atomic E-state index is 12.3. The van der Waals surface area contributed by atoms with Crippen LogP contribution in [0.15, 0.2) is 22.7 Å². The number of methoxy groups -OCH3 is 1. The number of carbonyl (C=O) groups is 1. The molecule has 0 bridgehead atoms. The maximum Gasteiger partial charge on any atom is 0.255 e. The highest BCUT2D eigenvalue weighted by molar-refractivity contribution is 9.10. The van der Waals surface area contributed by atoms with Crippen LogP contribution < -0.4 is 4.74 Å². The first-order valence-corrected chi connectivity index (χ1v) is 7.09. The lowest BCUT2D eigenvalue weighted by Crippen LogP contribution is -2.29. The zero-order valence-electron chi connectivity index (χ0n) is 9.45. The van der Waals surface area contributed by atoms with Crippen molar-refractivity contribution in [3.8, 4) is 5.75 Å². The van der Waals surface area contributed by atoms with Crippen LogP contribution in [0.25, 0.3) is 0 Å². The number of halogens is 2. The average molecular weight is 363 g/mol. The Kier molecular flexibility index (Phi) is 4.09. The van der Waals surface area contributed by atoms with Crippen molar-refractivity contribution in [2.75, 3.05) is 20.2 Å². The fourth-order valence-electron chi connectivity index (χ4n) is 1.87. The maximum absolute atomic E-state index is 12.3. The molecule has 1 aromatic carbocycles. The molecule has 0 spiro atoms. The number of alkyl halides is 1. The standard InChI is InChI=1S/C12H13Br2NO2/c1-17-9-2-3-11(14)10(6-9)12(16)15-5-4-8(13)7-15/h2-3,6,8H,4-5,7H2,1H3. The van der Waals surface area contributed by atoms with E-state index in [1.165, 1.54) is 0 Å². The molecular weight excluding hydrogens is 350 g/mol. The van der Waals surface area contributed by atoms with Gasteiger partial charge < -0.3 is 9.64 Å². The minimum absolute atomic E-state index is 0.0534. The Labute approximate surface area is 117 Å². The van der Waals surface area contributed by atoms with Gasteiger partial charge in [-0.05, 0) is 40.5 Å². The molecule has 17 heavy (non-hydrogen) atoms. The summed E-state index contributed by atoms with van der Waals surface area (Å²) in [6.45, 7) is 1.57. The highest BCUT2D eigenvalue weighted by atomic mass is 79.9. The molecule has 1 saturated heterocycles. The average Bonchev–Trinajstić information content (AvgIpc) is 2.76. The van der Waals surface area contributed by atoms with Crippen LogP contribution in [0.5, 0.6) is 5.75 Å². The first-order chi connectivity index (χ1) is 8.11. The summed E-state index contributed by atoms with van der Waals surface area (Å²) in [5.41, 5.74) is 0.658. The van der Waals surface area contributed by atoms with E-state index in [1.807, 2.05) is 17.0 Å². The molecule has 3 nitrogen and oxygen atoms in total. The molecular formula is C12H13Br2NO2. The fraction of sp³-hybridized carbons (Fsp3) is 0.417. The van der Waals surface area contributed by atoms with Gasteiger partial charge in [0, 0.05) is 22.4 Å². The highest BCUT2D eigenvalue weighted by Gasteiger charge is 2.26. The van der Waals surface area contributed by atoms with Gasteiger partial charge in [0.15, 0.2) is 0 Å². The van der Waals surface area contributed by atoms with Gasteiger partial charge in [0.1, 0.15) is 5.75 Å². The van der Waals surface area contributed by atoms with E-state index in [0.29, 0.717) is 16.1 Å². The molecule has 1 atom stereocenters. The molecule has 92 valence electrons. The number of hydrogen-bond donors (Lipinski definition) is 0. The third-order valence-corrected chi connectivity index (χ3v) is 4.26. The van der Waals surface area contributed by atoms with Crippen LogP contribution in [-0.4, -0.2) is 35.8 Å². The highest BCUT2D eigenvalue weighted by Crippen LogP contribution is 2.26. The Bertz CT molecular complexity index is 437. The second-order valence-corrected chi connectivity index (χ2v) is 6.13. The topological polar surface area (TPSA) is 29.5 Å². The van der Waals surface area contributed by atoms with Crippen molar-refractivity contribution in [3.05, 3.63) is 28.2 Å². The lowest BCUT2D eigenvalue weighted by atomic mass is 10.2. The third kappa shape index (κ3) is 2.83. The number of likely N-dealkylation sites (tertiary alicyclic amines) is 1. The molecule has 0 aromatic heterocycles. The van der Waals surface area contributed by atoms with Crippen molar-refractivity contribution in [1.82, 2.24) is 4.90 Å². The first kappa shape index (κ1) is 12.9. The molecule has 0 radical (unpaired) electrons. The largest absolute Gasteiger partial charge is 0.497 e. The summed E-state index contributed by atoms with van der Waals surface area (Å²) >= 11 is 6.94. The van der Waals surface area contributed by atoms with Gasteiger partial charge in [0.05, 0.1) is 12.7 Å². The zero-order valence-corrected chi connectivity index (χ0v) is 12.6. The number of nitrogens with zero attached hydrogens (tertiary/aromatic N) is 1. The van der Waals surface area contributed by atoms with Crippen molar-refractivity contribution in [1.29, 1.82) is 0 Å². The SMILES string of the molecule is COc1ccc(Br)c(C(=O)N2CCC(Br)C2)c1. The molecule has 1 amide bonds. The summed E-state index contributed by atoms with van der Waals surface area (Å²) in [6, 6.07) is 5.44. The van der Waals surface area contributed by atoms with Crippen molar-refractivity contribution >= 4 is 37.8 Å². The number of ether oxygens (including phenoxy) is 1. The van der Waals surface area contributed by atoms with E-state index in [1.54, 1.807) is 13.2 Å². The lowest BCUT2D eigenvalue weighted by molar-refractivity contribution is 0.0792. The van der Waals surface area contributed by atoms with Crippen molar-refractivity contribution in [3.63, 3.8) is 0 Å². The first-order valence-electron chi connectivity index (χ1n) is 5.38. The molecule has 1 aliphatic heterocycles. The van der Waals surface area contributed by atoms with Crippen molar-refractivity contribution in [2.45, 2.75) is 11.2 Å². The summed E-state index contributed by atoms with van der Waals surface area (Å²) in [5.74, 6) is 0.754. The van der Waals surface area contributed by atoms with Crippen LogP contribution in [0.4, 0.5) is 0 Å². The Morgan fingerprint density at radius 3 is 2.88 bits per heavy atom. The Morgan fingerprint density at radius 1 is 1.53 bits per heavy atom. The van der Waals surface area contributed by atoms with E-state index in [4.69, 9.17) is 4.74 Å². The van der Waals surface area contributed by atoms with Crippen LogP contribution in [0, 0.1) is 0 Å². The third-order valence-electron chi connectivity index (χ3n) is 2.82. The number of carbonyl (C=O) groups excluding carboxylic acids is 1. The summed E-state index contributed by atoms with van der Waals surface area (Å²) in [6.07, 6.45) is 1.01. The van der Waals surface area contributed by atoms with Gasteiger partial charge in [-0.2, -0.15) is 0 Å². The van der Waals surface area contributed by atoms with Crippen molar-refractivity contribution in [2.24, 2.45) is 0 Å². The minimum Gasteiger partial charge on any atom is -0.497 e. The monoisotopic (exact) mass is 361 g/mol. The van der Waals surface area contributed by atoms with E-state index >= 15 is 0 Å². The summed E-state index contributed by atoms with van der Waals surface area (Å²) in [7, 11) is 1.60. The molecule has 0 N–H and O–H groups in total. The summed E-state index contributed by atoms with van der Waals surface area (Å²) < 4.78 is 5.95. The van der Waals surface area contributed by atoms with Crippen molar-refractivity contribution < 1.29 is 9.53 Å². The van der Waals surface area contributed by atoms with Crippen LogP contribution in [0.1, 0.15) is 16.8 Å². The van der Waals surface area contributed by atoms with Gasteiger partial charge in [-0.3, -0.25) is 4.79 Å². The van der Waals surface area contributed by atoms with E-state index < -0.39 is 0 Å². The predicted molar refractivity (Wildman–Crippen MR) is 73.9 cm³/mol. The van der Waals surface area contributed by atoms with E-state index in [2.05, 4.69) is 31.9 Å². The van der Waals surface area contributed by atoms with Crippen LogP contribution in [-0.2, 0) is 0 Å². The molecule has 1 aliphatic rings. The van der Waals surface area contributed by atoms with Gasteiger partial charge in [-0.1, -0.05) is 15.9 Å². The second-order valence-electron chi connectivity index (χ2n) is 3.98. The molecule has 1 heterocycles. The van der Waals surface area contributed by atoms with E-state index in [-0.39, 0.29) is 5.91 Å².